The van der Waals surface area contributed by atoms with Crippen molar-refractivity contribution in [3.63, 3.8) is 0 Å². The van der Waals surface area contributed by atoms with Crippen molar-refractivity contribution in [1.29, 1.82) is 0 Å². The summed E-state index contributed by atoms with van der Waals surface area (Å²) >= 11 is 0. The van der Waals surface area contributed by atoms with E-state index in [1.165, 1.54) is 24.9 Å². The summed E-state index contributed by atoms with van der Waals surface area (Å²) in [4.78, 5) is 0. The highest BCUT2D eigenvalue weighted by atomic mass is 28.4. The fraction of sp³-hybridized carbons (Fsp3) is 0.600. The first-order chi connectivity index (χ1) is 6.12. The summed E-state index contributed by atoms with van der Waals surface area (Å²) in [7, 11) is -2.79. The first-order valence-electron chi connectivity index (χ1n) is 5.18. The summed E-state index contributed by atoms with van der Waals surface area (Å²) in [5.74, 6) is 0. The van der Waals surface area contributed by atoms with Gasteiger partial charge in [-0.25, -0.2) is 0 Å². The lowest BCUT2D eigenvalue weighted by molar-refractivity contribution is 0.556. The highest BCUT2D eigenvalue weighted by Gasteiger charge is 2.38. The molecule has 3 heteroatoms. The highest BCUT2D eigenvalue weighted by Crippen LogP contribution is 2.31. The maximum atomic E-state index is 6.45. The van der Waals surface area contributed by atoms with Gasteiger partial charge in [0.2, 0.25) is 16.6 Å². The molecule has 2 heterocycles. The van der Waals surface area contributed by atoms with Crippen LogP contribution in [-0.2, 0) is 4.12 Å². The molecule has 0 spiro atoms. The van der Waals surface area contributed by atoms with Gasteiger partial charge < -0.3 is 4.12 Å². The zero-order valence-electron chi connectivity index (χ0n) is 8.55. The Hall–Kier alpha value is -0.126. The topological polar surface area (TPSA) is 9.23 Å². The maximum Gasteiger partial charge on any atom is 0.201 e. The van der Waals surface area contributed by atoms with Crippen LogP contribution in [0.25, 0.3) is 0 Å². The largest absolute Gasteiger partial charge is 0.449 e. The summed E-state index contributed by atoms with van der Waals surface area (Å²) in [5.41, 5.74) is 4.77. The van der Waals surface area contributed by atoms with Crippen molar-refractivity contribution in [2.75, 3.05) is 0 Å². The van der Waals surface area contributed by atoms with Gasteiger partial charge in [-0.15, -0.1) is 0 Å². The number of hydrogen-bond donors (Lipinski definition) is 0. The zero-order valence-corrected chi connectivity index (χ0v) is 10.5. The van der Waals surface area contributed by atoms with E-state index in [0.29, 0.717) is 0 Å². The summed E-state index contributed by atoms with van der Waals surface area (Å²) < 4.78 is 6.45. The van der Waals surface area contributed by atoms with Crippen LogP contribution in [0.1, 0.15) is 12.8 Å². The second-order valence-corrected chi connectivity index (χ2v) is 12.3. The lowest BCUT2D eigenvalue weighted by Crippen LogP contribution is -2.43. The van der Waals surface area contributed by atoms with Gasteiger partial charge in [0.1, 0.15) is 0 Å². The number of allylic oxidation sites excluding steroid dienone is 2. The van der Waals surface area contributed by atoms with Crippen molar-refractivity contribution in [1.82, 2.24) is 0 Å². The predicted octanol–water partition coefficient (Wildman–Crippen LogP) is 3.15. The SMILES string of the molecule is C[Si]1(O[Si]2(C)C=CCC2)C=CCC1. The average Bonchev–Trinajstić information content (AvgIpc) is 2.60. The van der Waals surface area contributed by atoms with Crippen molar-refractivity contribution < 1.29 is 4.12 Å². The third kappa shape index (κ3) is 2.03. The minimum absolute atomic E-state index is 1.25. The number of hydrogen-bond acceptors (Lipinski definition) is 1. The molecule has 0 aromatic carbocycles. The van der Waals surface area contributed by atoms with E-state index in [0.717, 1.165) is 0 Å². The third-order valence-electron chi connectivity index (χ3n) is 3.02. The standard InChI is InChI=1S/C10H18OSi2/c1-12(7-3-4-8-12)11-13(2)9-5-6-10-13/h3,5,7,9H,4,6,8,10H2,1-2H3. The molecular weight excluding hydrogens is 192 g/mol. The Morgan fingerprint density at radius 2 is 1.38 bits per heavy atom. The zero-order chi connectivity index (χ0) is 9.36. The van der Waals surface area contributed by atoms with Gasteiger partial charge in [-0.3, -0.25) is 0 Å². The van der Waals surface area contributed by atoms with Crippen LogP contribution in [0.5, 0.6) is 0 Å². The molecule has 1 nitrogen and oxygen atoms in total. The smallest absolute Gasteiger partial charge is 0.201 e. The van der Waals surface area contributed by atoms with Crippen molar-refractivity contribution in [3.8, 4) is 0 Å². The Kier molecular flexibility index (Phi) is 2.34. The van der Waals surface area contributed by atoms with Crippen LogP contribution in [0.3, 0.4) is 0 Å². The molecule has 0 bridgehead atoms. The Bertz CT molecular complexity index is 236. The average molecular weight is 210 g/mol. The van der Waals surface area contributed by atoms with Gasteiger partial charge >= 0.3 is 0 Å². The maximum absolute atomic E-state index is 6.45. The molecule has 2 aliphatic heterocycles. The second kappa shape index (κ2) is 3.22. The van der Waals surface area contributed by atoms with Crippen LogP contribution in [0.2, 0.25) is 25.2 Å². The van der Waals surface area contributed by atoms with E-state index in [-0.39, 0.29) is 0 Å². The van der Waals surface area contributed by atoms with Crippen molar-refractivity contribution in [2.24, 2.45) is 0 Å². The molecule has 0 amide bonds. The van der Waals surface area contributed by atoms with Crippen LogP contribution in [0, 0.1) is 0 Å². The summed E-state index contributed by atoms with van der Waals surface area (Å²) in [6, 6.07) is 2.62. The predicted molar refractivity (Wildman–Crippen MR) is 61.4 cm³/mol. The van der Waals surface area contributed by atoms with Crippen LogP contribution in [0.4, 0.5) is 0 Å². The molecule has 2 atom stereocenters. The molecule has 2 aliphatic rings. The lowest BCUT2D eigenvalue weighted by atomic mass is 10.5. The molecule has 0 aromatic rings. The third-order valence-corrected chi connectivity index (χ3v) is 11.2. The Morgan fingerprint density at radius 1 is 0.923 bits per heavy atom. The lowest BCUT2D eigenvalue weighted by Gasteiger charge is -2.31. The quantitative estimate of drug-likeness (QED) is 0.636. The van der Waals surface area contributed by atoms with Crippen LogP contribution >= 0.6 is 0 Å². The molecule has 0 aliphatic carbocycles. The Morgan fingerprint density at radius 3 is 1.69 bits per heavy atom. The molecule has 0 radical (unpaired) electrons. The second-order valence-electron chi connectivity index (χ2n) is 4.61. The van der Waals surface area contributed by atoms with E-state index in [9.17, 15) is 0 Å². The van der Waals surface area contributed by atoms with E-state index < -0.39 is 16.6 Å². The van der Waals surface area contributed by atoms with E-state index >= 15 is 0 Å². The van der Waals surface area contributed by atoms with E-state index in [1.54, 1.807) is 0 Å². The van der Waals surface area contributed by atoms with Crippen LogP contribution in [-0.4, -0.2) is 16.6 Å². The number of rotatable bonds is 2. The molecule has 0 aromatic heterocycles. The van der Waals surface area contributed by atoms with Crippen molar-refractivity contribution >= 4 is 16.6 Å². The van der Waals surface area contributed by atoms with E-state index in [1.807, 2.05) is 0 Å². The minimum Gasteiger partial charge on any atom is -0.449 e. The van der Waals surface area contributed by atoms with Gasteiger partial charge in [0.25, 0.3) is 0 Å². The molecule has 0 saturated carbocycles. The van der Waals surface area contributed by atoms with Gasteiger partial charge in [0.15, 0.2) is 0 Å². The van der Waals surface area contributed by atoms with Gasteiger partial charge in [0, 0.05) is 0 Å². The first kappa shape index (κ1) is 9.43. The van der Waals surface area contributed by atoms with E-state index in [4.69, 9.17) is 4.12 Å². The summed E-state index contributed by atoms with van der Waals surface area (Å²) in [5, 5.41) is 0. The molecule has 2 unspecified atom stereocenters. The normalized spacial score (nSPS) is 43.2. The molecule has 2 rings (SSSR count). The van der Waals surface area contributed by atoms with Gasteiger partial charge in [-0.05, 0) is 38.0 Å². The van der Waals surface area contributed by atoms with Gasteiger partial charge in [-0.1, -0.05) is 23.6 Å². The van der Waals surface area contributed by atoms with Gasteiger partial charge in [0.05, 0.1) is 0 Å². The van der Waals surface area contributed by atoms with Gasteiger partial charge in [-0.2, -0.15) is 0 Å². The van der Waals surface area contributed by atoms with Crippen molar-refractivity contribution in [3.05, 3.63) is 23.6 Å². The molecule has 72 valence electrons. The Balaban J connectivity index is 2.04. The monoisotopic (exact) mass is 210 g/mol. The van der Waals surface area contributed by atoms with E-state index in [2.05, 4.69) is 36.6 Å². The molecule has 0 fully saturated rings. The molecule has 13 heavy (non-hydrogen) atoms. The first-order valence-corrected chi connectivity index (χ1v) is 10.6. The Labute approximate surface area is 82.8 Å². The molecular formula is C10H18OSi2. The molecule has 0 N–H and O–H groups in total. The fourth-order valence-corrected chi connectivity index (χ4v) is 11.0. The minimum atomic E-state index is -1.39. The molecule has 0 saturated heterocycles. The summed E-state index contributed by atoms with van der Waals surface area (Å²) in [6.07, 6.45) is 7.11. The van der Waals surface area contributed by atoms with Crippen LogP contribution in [0.15, 0.2) is 23.6 Å². The fourth-order valence-electron chi connectivity index (χ4n) is 2.27. The van der Waals surface area contributed by atoms with Crippen molar-refractivity contribution in [2.45, 2.75) is 38.0 Å². The van der Waals surface area contributed by atoms with Crippen LogP contribution < -0.4 is 0 Å². The highest BCUT2D eigenvalue weighted by molar-refractivity contribution is 6.91. The summed E-state index contributed by atoms with van der Waals surface area (Å²) in [6.45, 7) is 4.72.